The van der Waals surface area contributed by atoms with Crippen molar-refractivity contribution in [1.29, 1.82) is 5.26 Å². The SMILES string of the molecule is N#Cc1cc(-c2c(F)cc(F)cc2F)c2cc(C(=O)N=C(N)N)ccc2n1. The van der Waals surface area contributed by atoms with Crippen LogP contribution in [0.5, 0.6) is 0 Å². The lowest BCUT2D eigenvalue weighted by atomic mass is 9.97. The number of pyridine rings is 1. The van der Waals surface area contributed by atoms with E-state index in [4.69, 9.17) is 16.7 Å². The molecule has 3 aromatic rings. The number of hydrogen-bond acceptors (Lipinski definition) is 3. The van der Waals surface area contributed by atoms with Gasteiger partial charge in [0.25, 0.3) is 5.91 Å². The highest BCUT2D eigenvalue weighted by molar-refractivity contribution is 6.06. The van der Waals surface area contributed by atoms with E-state index < -0.39 is 34.9 Å². The van der Waals surface area contributed by atoms with Crippen molar-refractivity contribution in [2.24, 2.45) is 16.5 Å². The summed E-state index contributed by atoms with van der Waals surface area (Å²) >= 11 is 0. The molecule has 0 aliphatic heterocycles. The summed E-state index contributed by atoms with van der Waals surface area (Å²) in [5.74, 6) is -4.63. The molecule has 0 fully saturated rings. The van der Waals surface area contributed by atoms with Gasteiger partial charge in [0.1, 0.15) is 29.2 Å². The highest BCUT2D eigenvalue weighted by Crippen LogP contribution is 2.33. The maximum Gasteiger partial charge on any atom is 0.280 e. The molecule has 0 atom stereocenters. The van der Waals surface area contributed by atoms with Crippen molar-refractivity contribution in [3.05, 3.63) is 65.1 Å². The standard InChI is InChI=1S/C18H10F3N5O/c19-9-4-13(20)16(14(21)5-9)12-6-10(7-22)25-15-2-1-8(3-11(12)15)17(27)26-18(23)24/h1-6H,(H4,23,24,26,27). The summed E-state index contributed by atoms with van der Waals surface area (Å²) in [4.78, 5) is 19.5. The Morgan fingerprint density at radius 3 is 2.33 bits per heavy atom. The molecular formula is C18H10F3N5O. The number of halogens is 3. The largest absolute Gasteiger partial charge is 0.370 e. The number of carbonyl (C=O) groups excluding carboxylic acids is 1. The lowest BCUT2D eigenvalue weighted by Crippen LogP contribution is -2.24. The highest BCUT2D eigenvalue weighted by atomic mass is 19.1. The van der Waals surface area contributed by atoms with Gasteiger partial charge in [0.15, 0.2) is 5.96 Å². The van der Waals surface area contributed by atoms with Crippen LogP contribution >= 0.6 is 0 Å². The monoisotopic (exact) mass is 369 g/mol. The van der Waals surface area contributed by atoms with Crippen molar-refractivity contribution in [2.75, 3.05) is 0 Å². The highest BCUT2D eigenvalue weighted by Gasteiger charge is 2.19. The lowest BCUT2D eigenvalue weighted by molar-refractivity contribution is 0.100. The fourth-order valence-electron chi connectivity index (χ4n) is 2.60. The van der Waals surface area contributed by atoms with Crippen LogP contribution in [0.2, 0.25) is 0 Å². The van der Waals surface area contributed by atoms with Gasteiger partial charge in [0, 0.05) is 23.1 Å². The summed E-state index contributed by atoms with van der Waals surface area (Å²) in [6.45, 7) is 0. The van der Waals surface area contributed by atoms with Crippen LogP contribution in [0.4, 0.5) is 13.2 Å². The van der Waals surface area contributed by atoms with E-state index in [0.29, 0.717) is 12.1 Å². The molecule has 6 nitrogen and oxygen atoms in total. The summed E-state index contributed by atoms with van der Waals surface area (Å²) in [5, 5.41) is 9.30. The number of nitrogens with zero attached hydrogens (tertiary/aromatic N) is 3. The Hall–Kier alpha value is -3.93. The first-order valence-electron chi connectivity index (χ1n) is 7.44. The summed E-state index contributed by atoms with van der Waals surface area (Å²) in [7, 11) is 0. The van der Waals surface area contributed by atoms with Crippen LogP contribution in [0, 0.1) is 28.8 Å². The first-order chi connectivity index (χ1) is 12.8. The van der Waals surface area contributed by atoms with E-state index >= 15 is 0 Å². The second kappa shape index (κ2) is 6.76. The Kier molecular flexibility index (Phi) is 4.48. The molecule has 0 unspecified atom stereocenters. The van der Waals surface area contributed by atoms with Crippen molar-refractivity contribution >= 4 is 22.8 Å². The molecule has 0 saturated carbocycles. The third-order valence-corrected chi connectivity index (χ3v) is 3.68. The summed E-state index contributed by atoms with van der Waals surface area (Å²) in [5.41, 5.74) is 9.88. The molecule has 27 heavy (non-hydrogen) atoms. The first-order valence-corrected chi connectivity index (χ1v) is 7.44. The zero-order chi connectivity index (χ0) is 19.7. The smallest absolute Gasteiger partial charge is 0.280 e. The van der Waals surface area contributed by atoms with Gasteiger partial charge >= 0.3 is 0 Å². The van der Waals surface area contributed by atoms with Crippen LogP contribution < -0.4 is 11.5 Å². The summed E-state index contributed by atoms with van der Waals surface area (Å²) in [6.07, 6.45) is 0. The normalized spacial score (nSPS) is 10.4. The minimum Gasteiger partial charge on any atom is -0.370 e. The van der Waals surface area contributed by atoms with E-state index in [0.717, 1.165) is 6.07 Å². The number of aromatic nitrogens is 1. The second-order valence-electron chi connectivity index (χ2n) is 5.49. The summed E-state index contributed by atoms with van der Waals surface area (Å²) < 4.78 is 41.8. The molecule has 0 saturated heterocycles. The number of carbonyl (C=O) groups is 1. The van der Waals surface area contributed by atoms with Crippen molar-refractivity contribution < 1.29 is 18.0 Å². The molecule has 0 aliphatic rings. The maximum atomic E-state index is 14.3. The zero-order valence-electron chi connectivity index (χ0n) is 13.5. The van der Waals surface area contributed by atoms with Gasteiger partial charge in [0.2, 0.25) is 0 Å². The molecular weight excluding hydrogens is 359 g/mol. The van der Waals surface area contributed by atoms with Gasteiger partial charge in [-0.1, -0.05) is 0 Å². The predicted octanol–water partition coefficient (Wildman–Crippen LogP) is 2.60. The molecule has 3 rings (SSSR count). The Labute approximate surface area is 150 Å². The zero-order valence-corrected chi connectivity index (χ0v) is 13.5. The van der Waals surface area contributed by atoms with Crippen molar-refractivity contribution in [2.45, 2.75) is 0 Å². The first kappa shape index (κ1) is 17.9. The van der Waals surface area contributed by atoms with Gasteiger partial charge in [-0.15, -0.1) is 0 Å². The Bertz CT molecular complexity index is 1140. The maximum absolute atomic E-state index is 14.3. The lowest BCUT2D eigenvalue weighted by Gasteiger charge is -2.11. The molecule has 0 spiro atoms. The fraction of sp³-hybridized carbons (Fsp3) is 0. The third-order valence-electron chi connectivity index (χ3n) is 3.68. The van der Waals surface area contributed by atoms with Gasteiger partial charge in [0.05, 0.1) is 11.1 Å². The Balaban J connectivity index is 2.35. The van der Waals surface area contributed by atoms with E-state index in [2.05, 4.69) is 9.98 Å². The minimum atomic E-state index is -1.16. The third kappa shape index (κ3) is 3.41. The number of nitriles is 1. The number of guanidine groups is 1. The van der Waals surface area contributed by atoms with E-state index in [9.17, 15) is 18.0 Å². The van der Waals surface area contributed by atoms with Gasteiger partial charge in [-0.3, -0.25) is 4.79 Å². The van der Waals surface area contributed by atoms with Crippen LogP contribution in [0.1, 0.15) is 16.1 Å². The molecule has 0 bridgehead atoms. The molecule has 0 aliphatic carbocycles. The Morgan fingerprint density at radius 1 is 1.07 bits per heavy atom. The molecule has 9 heteroatoms. The molecule has 4 N–H and O–H groups in total. The number of amides is 1. The molecule has 1 amide bonds. The van der Waals surface area contributed by atoms with E-state index in [1.807, 2.05) is 0 Å². The number of nitrogens with two attached hydrogens (primary N) is 2. The molecule has 0 radical (unpaired) electrons. The van der Waals surface area contributed by atoms with Crippen LogP contribution in [0.3, 0.4) is 0 Å². The quantitative estimate of drug-likeness (QED) is 0.532. The van der Waals surface area contributed by atoms with Crippen LogP contribution in [-0.4, -0.2) is 16.9 Å². The van der Waals surface area contributed by atoms with Crippen LogP contribution in [-0.2, 0) is 0 Å². The van der Waals surface area contributed by atoms with Crippen molar-refractivity contribution in [1.82, 2.24) is 4.98 Å². The molecule has 1 aromatic heterocycles. The number of aliphatic imine (C=N–C) groups is 1. The average Bonchev–Trinajstić information content (AvgIpc) is 2.59. The van der Waals surface area contributed by atoms with Crippen LogP contribution in [0.25, 0.3) is 22.0 Å². The van der Waals surface area contributed by atoms with Crippen LogP contribution in [0.15, 0.2) is 41.4 Å². The van der Waals surface area contributed by atoms with Crippen molar-refractivity contribution in [3.63, 3.8) is 0 Å². The number of hydrogen-bond donors (Lipinski definition) is 2. The van der Waals surface area contributed by atoms with Gasteiger partial charge in [-0.05, 0) is 29.8 Å². The van der Waals surface area contributed by atoms with Gasteiger partial charge in [-0.2, -0.15) is 10.3 Å². The minimum absolute atomic E-state index is 0.0339. The Morgan fingerprint density at radius 2 is 1.74 bits per heavy atom. The number of benzene rings is 2. The number of fused-ring (bicyclic) bond motifs is 1. The van der Waals surface area contributed by atoms with Gasteiger partial charge < -0.3 is 11.5 Å². The predicted molar refractivity (Wildman–Crippen MR) is 91.9 cm³/mol. The summed E-state index contributed by atoms with van der Waals surface area (Å²) in [6, 6.07) is 8.00. The van der Waals surface area contributed by atoms with E-state index in [-0.39, 0.29) is 27.7 Å². The van der Waals surface area contributed by atoms with E-state index in [1.54, 1.807) is 6.07 Å². The van der Waals surface area contributed by atoms with Gasteiger partial charge in [-0.25, -0.2) is 18.2 Å². The molecule has 134 valence electrons. The average molecular weight is 369 g/mol. The molecule has 2 aromatic carbocycles. The second-order valence-corrected chi connectivity index (χ2v) is 5.49. The molecule has 1 heterocycles. The van der Waals surface area contributed by atoms with E-state index in [1.165, 1.54) is 18.2 Å². The van der Waals surface area contributed by atoms with Crippen molar-refractivity contribution in [3.8, 4) is 17.2 Å². The topological polar surface area (TPSA) is 118 Å². The fourth-order valence-corrected chi connectivity index (χ4v) is 2.60. The number of rotatable bonds is 2.